The van der Waals surface area contributed by atoms with Gasteiger partial charge in [-0.2, -0.15) is 0 Å². The Morgan fingerprint density at radius 1 is 1.03 bits per heavy atom. The lowest BCUT2D eigenvalue weighted by Crippen LogP contribution is -2.45. The van der Waals surface area contributed by atoms with E-state index in [1.54, 1.807) is 17.0 Å². The van der Waals surface area contributed by atoms with E-state index in [4.69, 9.17) is 11.6 Å². The van der Waals surface area contributed by atoms with Crippen molar-refractivity contribution in [2.75, 3.05) is 5.32 Å². The third-order valence-corrected chi connectivity index (χ3v) is 5.74. The van der Waals surface area contributed by atoms with Crippen molar-refractivity contribution in [2.45, 2.75) is 25.9 Å². The lowest BCUT2D eigenvalue weighted by molar-refractivity contribution is -0.120. The summed E-state index contributed by atoms with van der Waals surface area (Å²) in [5.41, 5.74) is 4.07. The Balaban J connectivity index is 1.65. The van der Waals surface area contributed by atoms with E-state index in [0.29, 0.717) is 29.2 Å². The summed E-state index contributed by atoms with van der Waals surface area (Å²) in [5.74, 6) is -0.333. The number of nitrogens with zero attached hydrogens (tertiary/aromatic N) is 1. The molecule has 0 fully saturated rings. The van der Waals surface area contributed by atoms with Crippen molar-refractivity contribution in [3.05, 3.63) is 100 Å². The van der Waals surface area contributed by atoms with Gasteiger partial charge in [-0.15, -0.1) is 0 Å². The van der Waals surface area contributed by atoms with Gasteiger partial charge in [0.1, 0.15) is 6.04 Å². The van der Waals surface area contributed by atoms with Crippen molar-refractivity contribution in [3.8, 4) is 0 Å². The molecule has 1 unspecified atom stereocenters. The number of hydrogen-bond acceptors (Lipinski definition) is 2. The van der Waals surface area contributed by atoms with E-state index in [9.17, 15) is 9.59 Å². The van der Waals surface area contributed by atoms with E-state index in [1.165, 1.54) is 0 Å². The Bertz CT molecular complexity index is 1070. The highest BCUT2D eigenvalue weighted by Gasteiger charge is 2.36. The summed E-state index contributed by atoms with van der Waals surface area (Å²) in [4.78, 5) is 28.0. The number of hydrogen-bond donors (Lipinski definition) is 1. The normalized spacial score (nSPS) is 13.9. The molecule has 3 aromatic carbocycles. The van der Waals surface area contributed by atoms with Crippen molar-refractivity contribution in [1.82, 2.24) is 4.90 Å². The molecule has 5 heteroatoms. The minimum atomic E-state index is -0.629. The van der Waals surface area contributed by atoms with Crippen LogP contribution in [0.1, 0.15) is 27.0 Å². The van der Waals surface area contributed by atoms with E-state index in [-0.39, 0.29) is 11.8 Å². The Labute approximate surface area is 175 Å². The summed E-state index contributed by atoms with van der Waals surface area (Å²) < 4.78 is 0. The van der Waals surface area contributed by atoms with E-state index in [1.807, 2.05) is 67.6 Å². The number of carbonyl (C=O) groups excluding carboxylic acids is 2. The van der Waals surface area contributed by atoms with Crippen LogP contribution >= 0.6 is 11.6 Å². The molecule has 2 amide bonds. The van der Waals surface area contributed by atoms with Gasteiger partial charge < -0.3 is 10.2 Å². The maximum absolute atomic E-state index is 13.3. The molecule has 1 atom stereocenters. The third kappa shape index (κ3) is 3.89. The van der Waals surface area contributed by atoms with E-state index in [0.717, 1.165) is 16.7 Å². The largest absolute Gasteiger partial charge is 0.324 e. The highest BCUT2D eigenvalue weighted by molar-refractivity contribution is 6.31. The second-order valence-corrected chi connectivity index (χ2v) is 7.60. The van der Waals surface area contributed by atoms with Gasteiger partial charge in [-0.25, -0.2) is 0 Å². The number of carbonyl (C=O) groups is 2. The second kappa shape index (κ2) is 8.10. The fourth-order valence-electron chi connectivity index (χ4n) is 3.67. The van der Waals surface area contributed by atoms with Gasteiger partial charge >= 0.3 is 0 Å². The molecule has 146 valence electrons. The minimum Gasteiger partial charge on any atom is -0.324 e. The lowest BCUT2D eigenvalue weighted by atomic mass is 10.0. The molecule has 1 aliphatic rings. The minimum absolute atomic E-state index is 0.112. The monoisotopic (exact) mass is 404 g/mol. The highest BCUT2D eigenvalue weighted by atomic mass is 35.5. The molecule has 0 spiro atoms. The number of anilines is 1. The smallest absolute Gasteiger partial charge is 0.255 e. The zero-order chi connectivity index (χ0) is 20.4. The predicted octanol–water partition coefficient (Wildman–Crippen LogP) is 4.85. The number of amides is 2. The Morgan fingerprint density at radius 2 is 1.76 bits per heavy atom. The first-order chi connectivity index (χ1) is 14.0. The van der Waals surface area contributed by atoms with Crippen LogP contribution in [0.4, 0.5) is 5.69 Å². The summed E-state index contributed by atoms with van der Waals surface area (Å²) in [6, 6.07) is 22.0. The highest BCUT2D eigenvalue weighted by Crippen LogP contribution is 2.28. The standard InChI is InChI=1S/C24H21ClN2O2/c1-16-20(25)12-7-13-21(16)26-23(28)22(14-17-8-3-2-4-9-17)27-15-18-10-5-6-11-19(18)24(27)29/h2-13,22H,14-15H2,1H3,(H,26,28). The van der Waals surface area contributed by atoms with Gasteiger partial charge in [0.15, 0.2) is 0 Å². The molecule has 1 N–H and O–H groups in total. The van der Waals surface area contributed by atoms with Gasteiger partial charge in [-0.05, 0) is 41.8 Å². The molecule has 4 rings (SSSR count). The topological polar surface area (TPSA) is 49.4 Å². The van der Waals surface area contributed by atoms with Gasteiger partial charge in [0.05, 0.1) is 0 Å². The van der Waals surface area contributed by atoms with Crippen LogP contribution in [0.15, 0.2) is 72.8 Å². The third-order valence-electron chi connectivity index (χ3n) is 5.33. The Kier molecular flexibility index (Phi) is 5.36. The predicted molar refractivity (Wildman–Crippen MR) is 115 cm³/mol. The van der Waals surface area contributed by atoms with Gasteiger partial charge in [0.25, 0.3) is 5.91 Å². The summed E-state index contributed by atoms with van der Waals surface area (Å²) in [6.45, 7) is 2.29. The van der Waals surface area contributed by atoms with E-state index in [2.05, 4.69) is 5.32 Å². The van der Waals surface area contributed by atoms with Crippen molar-refractivity contribution in [2.24, 2.45) is 0 Å². The number of fused-ring (bicyclic) bond motifs is 1. The molecule has 4 nitrogen and oxygen atoms in total. The first-order valence-corrected chi connectivity index (χ1v) is 9.91. The van der Waals surface area contributed by atoms with E-state index >= 15 is 0 Å². The van der Waals surface area contributed by atoms with Crippen molar-refractivity contribution in [3.63, 3.8) is 0 Å². The van der Waals surface area contributed by atoms with Crippen molar-refractivity contribution < 1.29 is 9.59 Å². The van der Waals surface area contributed by atoms with Crippen LogP contribution in [-0.4, -0.2) is 22.8 Å². The van der Waals surface area contributed by atoms with Gasteiger partial charge in [0.2, 0.25) is 5.91 Å². The van der Waals surface area contributed by atoms with Crippen molar-refractivity contribution in [1.29, 1.82) is 0 Å². The number of halogens is 1. The first kappa shape index (κ1) is 19.2. The van der Waals surface area contributed by atoms with Gasteiger partial charge in [-0.1, -0.05) is 66.2 Å². The number of rotatable bonds is 5. The maximum Gasteiger partial charge on any atom is 0.255 e. The maximum atomic E-state index is 13.3. The van der Waals surface area contributed by atoms with Crippen LogP contribution in [0.2, 0.25) is 5.02 Å². The van der Waals surface area contributed by atoms with Crippen LogP contribution in [-0.2, 0) is 17.8 Å². The van der Waals surface area contributed by atoms with E-state index < -0.39 is 6.04 Å². The van der Waals surface area contributed by atoms with Crippen LogP contribution < -0.4 is 5.32 Å². The van der Waals surface area contributed by atoms with Crippen molar-refractivity contribution >= 4 is 29.1 Å². The summed E-state index contributed by atoms with van der Waals surface area (Å²) in [7, 11) is 0. The SMILES string of the molecule is Cc1c(Cl)cccc1NC(=O)C(Cc1ccccc1)N1Cc2ccccc2C1=O. The molecule has 0 bridgehead atoms. The molecule has 1 heterocycles. The van der Waals surface area contributed by atoms with Gasteiger partial charge in [-0.3, -0.25) is 9.59 Å². The molecule has 0 saturated carbocycles. The van der Waals surface area contributed by atoms with Crippen LogP contribution in [0, 0.1) is 6.92 Å². The average Bonchev–Trinajstić information content (AvgIpc) is 3.07. The van der Waals surface area contributed by atoms with Gasteiger partial charge in [0, 0.05) is 29.2 Å². The summed E-state index contributed by atoms with van der Waals surface area (Å²) in [5, 5.41) is 3.57. The second-order valence-electron chi connectivity index (χ2n) is 7.20. The molecule has 0 radical (unpaired) electrons. The Morgan fingerprint density at radius 3 is 2.52 bits per heavy atom. The molecular formula is C24H21ClN2O2. The number of benzene rings is 3. The average molecular weight is 405 g/mol. The summed E-state index contributed by atoms with van der Waals surface area (Å²) >= 11 is 6.20. The fourth-order valence-corrected chi connectivity index (χ4v) is 3.84. The first-order valence-electron chi connectivity index (χ1n) is 9.53. The summed E-state index contributed by atoms with van der Waals surface area (Å²) in [6.07, 6.45) is 0.437. The molecule has 1 aliphatic heterocycles. The molecule has 3 aromatic rings. The Hall–Kier alpha value is -3.11. The lowest BCUT2D eigenvalue weighted by Gasteiger charge is -2.27. The number of nitrogens with one attached hydrogen (secondary N) is 1. The molecule has 0 aromatic heterocycles. The fraction of sp³-hybridized carbons (Fsp3) is 0.167. The van der Waals surface area contributed by atoms with Crippen LogP contribution in [0.3, 0.4) is 0 Å². The molecule has 0 saturated heterocycles. The van der Waals surface area contributed by atoms with Crippen LogP contribution in [0.25, 0.3) is 0 Å². The molecule has 0 aliphatic carbocycles. The quantitative estimate of drug-likeness (QED) is 0.660. The zero-order valence-corrected chi connectivity index (χ0v) is 16.8. The molecule has 29 heavy (non-hydrogen) atoms. The molecular weight excluding hydrogens is 384 g/mol. The van der Waals surface area contributed by atoms with Crippen LogP contribution in [0.5, 0.6) is 0 Å². The zero-order valence-electron chi connectivity index (χ0n) is 16.1.